The van der Waals surface area contributed by atoms with Crippen molar-refractivity contribution in [3.63, 3.8) is 0 Å². The lowest BCUT2D eigenvalue weighted by Crippen LogP contribution is -2.48. The van der Waals surface area contributed by atoms with Crippen LogP contribution in [0.5, 0.6) is 5.75 Å². The van der Waals surface area contributed by atoms with Crippen LogP contribution in [0.2, 0.25) is 0 Å². The molecule has 1 atom stereocenters. The first-order chi connectivity index (χ1) is 9.10. The molecule has 0 heterocycles. The summed E-state index contributed by atoms with van der Waals surface area (Å²) in [5.41, 5.74) is 1.32. The van der Waals surface area contributed by atoms with Crippen LogP contribution in [-0.4, -0.2) is 26.4 Å². The highest BCUT2D eigenvalue weighted by molar-refractivity contribution is 9.10. The number of hydrogen-bond donors (Lipinski definition) is 1. The molecule has 1 N–H and O–H groups in total. The van der Waals surface area contributed by atoms with Gasteiger partial charge in [-0.1, -0.05) is 6.07 Å². The third-order valence-electron chi connectivity index (χ3n) is 4.10. The third-order valence-corrected chi connectivity index (χ3v) is 4.72. The topological polar surface area (TPSA) is 30.5 Å². The van der Waals surface area contributed by atoms with E-state index in [4.69, 9.17) is 9.47 Å². The summed E-state index contributed by atoms with van der Waals surface area (Å²) < 4.78 is 11.9. The van der Waals surface area contributed by atoms with Gasteiger partial charge in [-0.3, -0.25) is 0 Å². The highest BCUT2D eigenvalue weighted by Gasteiger charge is 2.36. The second-order valence-electron chi connectivity index (χ2n) is 5.24. The van der Waals surface area contributed by atoms with Gasteiger partial charge in [-0.2, -0.15) is 0 Å². The Balaban J connectivity index is 1.96. The highest BCUT2D eigenvalue weighted by atomic mass is 79.9. The third kappa shape index (κ3) is 3.30. The minimum Gasteiger partial charge on any atom is -0.496 e. The first-order valence-electron chi connectivity index (χ1n) is 6.72. The van der Waals surface area contributed by atoms with Crippen molar-refractivity contribution in [2.24, 2.45) is 0 Å². The monoisotopic (exact) mass is 327 g/mol. The number of methoxy groups -OCH3 is 2. The molecule has 0 spiro atoms. The van der Waals surface area contributed by atoms with Gasteiger partial charge < -0.3 is 14.8 Å². The van der Waals surface area contributed by atoms with Crippen LogP contribution in [0.3, 0.4) is 0 Å². The molecule has 0 amide bonds. The maximum atomic E-state index is 5.63. The highest BCUT2D eigenvalue weighted by Crippen LogP contribution is 2.35. The maximum absolute atomic E-state index is 5.63. The molecule has 0 aromatic heterocycles. The first-order valence-corrected chi connectivity index (χ1v) is 7.51. The lowest BCUT2D eigenvalue weighted by Gasteiger charge is -2.41. The van der Waals surface area contributed by atoms with E-state index in [0.717, 1.165) is 29.6 Å². The molecule has 0 bridgehead atoms. The first kappa shape index (κ1) is 14.8. The Morgan fingerprint density at radius 1 is 1.37 bits per heavy atom. The fraction of sp³-hybridized carbons (Fsp3) is 0.600. The number of benzene rings is 1. The summed E-state index contributed by atoms with van der Waals surface area (Å²) in [7, 11) is 3.50. The molecule has 1 aliphatic rings. The molecule has 1 aromatic carbocycles. The lowest BCUT2D eigenvalue weighted by molar-refractivity contribution is -0.0706. The Hall–Kier alpha value is -0.580. The quantitative estimate of drug-likeness (QED) is 0.864. The van der Waals surface area contributed by atoms with Crippen molar-refractivity contribution in [3.8, 4) is 5.75 Å². The number of ether oxygens (including phenoxy) is 2. The summed E-state index contributed by atoms with van der Waals surface area (Å²) in [5.74, 6) is 0.864. The van der Waals surface area contributed by atoms with E-state index in [1.54, 1.807) is 7.11 Å². The largest absolute Gasteiger partial charge is 0.496 e. The average molecular weight is 328 g/mol. The van der Waals surface area contributed by atoms with Crippen LogP contribution in [0.1, 0.15) is 37.8 Å². The second kappa shape index (κ2) is 6.25. The van der Waals surface area contributed by atoms with Gasteiger partial charge in [0.15, 0.2) is 0 Å². The Morgan fingerprint density at radius 2 is 2.11 bits per heavy atom. The molecule has 1 saturated carbocycles. The van der Waals surface area contributed by atoms with Crippen molar-refractivity contribution in [2.45, 2.75) is 37.8 Å². The standard InChI is InChI=1S/C15H22BrNO2/c1-11(17-10-15(19-3)7-4-8-15)12-5-6-14(18-2)13(16)9-12/h5-6,9,11,17H,4,7-8,10H2,1-3H3. The number of nitrogens with one attached hydrogen (secondary N) is 1. The van der Waals surface area contributed by atoms with E-state index in [1.807, 2.05) is 13.2 Å². The molecule has 0 saturated heterocycles. The van der Waals surface area contributed by atoms with Crippen molar-refractivity contribution in [2.75, 3.05) is 20.8 Å². The predicted molar refractivity (Wildman–Crippen MR) is 80.7 cm³/mol. The normalized spacial score (nSPS) is 18.7. The van der Waals surface area contributed by atoms with Gasteiger partial charge >= 0.3 is 0 Å². The summed E-state index contributed by atoms with van der Waals surface area (Å²) in [5, 5.41) is 3.57. The molecule has 1 aromatic rings. The van der Waals surface area contributed by atoms with Gasteiger partial charge in [0.25, 0.3) is 0 Å². The van der Waals surface area contributed by atoms with Crippen molar-refractivity contribution in [3.05, 3.63) is 28.2 Å². The molecule has 0 radical (unpaired) electrons. The second-order valence-corrected chi connectivity index (χ2v) is 6.09. The van der Waals surface area contributed by atoms with Gasteiger partial charge in [0.1, 0.15) is 5.75 Å². The lowest BCUT2D eigenvalue weighted by atomic mass is 9.80. The zero-order valence-electron chi connectivity index (χ0n) is 11.8. The fourth-order valence-corrected chi connectivity index (χ4v) is 2.99. The molecule has 1 aliphatic carbocycles. The molecule has 4 heteroatoms. The average Bonchev–Trinajstić information content (AvgIpc) is 2.37. The van der Waals surface area contributed by atoms with Gasteiger partial charge in [0.2, 0.25) is 0 Å². The van der Waals surface area contributed by atoms with Crippen molar-refractivity contribution < 1.29 is 9.47 Å². The van der Waals surface area contributed by atoms with Gasteiger partial charge in [0.05, 0.1) is 17.2 Å². The van der Waals surface area contributed by atoms with Gasteiger partial charge in [-0.25, -0.2) is 0 Å². The van der Waals surface area contributed by atoms with Crippen molar-refractivity contribution >= 4 is 15.9 Å². The van der Waals surface area contributed by atoms with E-state index in [9.17, 15) is 0 Å². The number of rotatable bonds is 6. The van der Waals surface area contributed by atoms with Gasteiger partial charge in [-0.15, -0.1) is 0 Å². The van der Waals surface area contributed by atoms with Crippen molar-refractivity contribution in [1.29, 1.82) is 0 Å². The van der Waals surface area contributed by atoms with Crippen LogP contribution in [0, 0.1) is 0 Å². The minimum absolute atomic E-state index is 0.0674. The molecule has 1 fully saturated rings. The van der Waals surface area contributed by atoms with Crippen LogP contribution < -0.4 is 10.1 Å². The molecule has 3 nitrogen and oxygen atoms in total. The minimum atomic E-state index is 0.0674. The zero-order valence-corrected chi connectivity index (χ0v) is 13.4. The molecule has 19 heavy (non-hydrogen) atoms. The summed E-state index contributed by atoms with van der Waals surface area (Å²) in [6.07, 6.45) is 3.60. The van der Waals surface area contributed by atoms with E-state index in [2.05, 4.69) is 40.3 Å². The Morgan fingerprint density at radius 3 is 2.58 bits per heavy atom. The summed E-state index contributed by atoms with van der Waals surface area (Å²) in [4.78, 5) is 0. The molecule has 1 unspecified atom stereocenters. The van der Waals surface area contributed by atoms with Crippen molar-refractivity contribution in [1.82, 2.24) is 5.32 Å². The van der Waals surface area contributed by atoms with Crippen LogP contribution in [0.15, 0.2) is 22.7 Å². The van der Waals surface area contributed by atoms with Crippen LogP contribution >= 0.6 is 15.9 Å². The molecular weight excluding hydrogens is 306 g/mol. The molecule has 0 aliphatic heterocycles. The van der Waals surface area contributed by atoms with E-state index >= 15 is 0 Å². The molecule has 2 rings (SSSR count). The fourth-order valence-electron chi connectivity index (χ4n) is 2.43. The van der Waals surface area contributed by atoms with Crippen LogP contribution in [0.25, 0.3) is 0 Å². The molecule has 106 valence electrons. The van der Waals surface area contributed by atoms with Gasteiger partial charge in [-0.05, 0) is 59.8 Å². The van der Waals surface area contributed by atoms with E-state index in [-0.39, 0.29) is 5.60 Å². The predicted octanol–water partition coefficient (Wildman–Crippen LogP) is 3.68. The summed E-state index contributed by atoms with van der Waals surface area (Å²) in [6, 6.07) is 6.50. The summed E-state index contributed by atoms with van der Waals surface area (Å²) >= 11 is 3.53. The van der Waals surface area contributed by atoms with E-state index < -0.39 is 0 Å². The SMILES string of the molecule is COc1ccc(C(C)NCC2(OC)CCC2)cc1Br. The Labute approximate surface area is 123 Å². The van der Waals surface area contributed by atoms with E-state index in [0.29, 0.717) is 6.04 Å². The summed E-state index contributed by atoms with van der Waals surface area (Å²) in [6.45, 7) is 3.09. The van der Waals surface area contributed by atoms with Gasteiger partial charge in [0, 0.05) is 19.7 Å². The van der Waals surface area contributed by atoms with E-state index in [1.165, 1.54) is 12.0 Å². The Bertz CT molecular complexity index is 427. The molecular formula is C15H22BrNO2. The Kier molecular flexibility index (Phi) is 4.87. The van der Waals surface area contributed by atoms with Crippen LogP contribution in [-0.2, 0) is 4.74 Å². The zero-order chi connectivity index (χ0) is 13.9. The number of hydrogen-bond acceptors (Lipinski definition) is 3. The van der Waals surface area contributed by atoms with Crippen LogP contribution in [0.4, 0.5) is 0 Å². The maximum Gasteiger partial charge on any atom is 0.133 e. The smallest absolute Gasteiger partial charge is 0.133 e. The number of halogens is 1.